The van der Waals surface area contributed by atoms with E-state index in [1.165, 1.54) is 6.92 Å². The van der Waals surface area contributed by atoms with Crippen molar-refractivity contribution in [2.24, 2.45) is 0 Å². The second kappa shape index (κ2) is 8.19. The van der Waals surface area contributed by atoms with Crippen LogP contribution in [-0.4, -0.2) is 38.0 Å². The van der Waals surface area contributed by atoms with Gasteiger partial charge < -0.3 is 19.9 Å². The molecule has 0 aliphatic carbocycles. The monoisotopic (exact) mass is 341 g/mol. The van der Waals surface area contributed by atoms with Crippen molar-refractivity contribution in [3.8, 4) is 5.75 Å². The van der Waals surface area contributed by atoms with Gasteiger partial charge in [-0.1, -0.05) is 12.1 Å². The number of nitrogens with one attached hydrogen (secondary N) is 1. The fraction of sp³-hybridized carbons (Fsp3) is 0.263. The average molecular weight is 341 g/mol. The summed E-state index contributed by atoms with van der Waals surface area (Å²) in [6, 6.07) is 14.5. The Morgan fingerprint density at radius 1 is 1.00 bits per heavy atom. The molecular formula is C19H23N3O3. The van der Waals surface area contributed by atoms with Crippen LogP contribution in [0.2, 0.25) is 0 Å². The summed E-state index contributed by atoms with van der Waals surface area (Å²) in [6.45, 7) is 1.99. The van der Waals surface area contributed by atoms with Crippen LogP contribution in [0.5, 0.6) is 5.75 Å². The molecule has 2 rings (SSSR count). The Bertz CT molecular complexity index is 727. The molecule has 0 atom stereocenters. The van der Waals surface area contributed by atoms with Crippen molar-refractivity contribution in [3.05, 3.63) is 54.1 Å². The number of carbonyl (C=O) groups is 2. The molecule has 0 heterocycles. The van der Waals surface area contributed by atoms with Crippen LogP contribution >= 0.6 is 0 Å². The third-order valence-corrected chi connectivity index (χ3v) is 3.90. The summed E-state index contributed by atoms with van der Waals surface area (Å²) < 4.78 is 5.12. The van der Waals surface area contributed by atoms with Crippen molar-refractivity contribution < 1.29 is 14.3 Å². The molecule has 2 aromatic carbocycles. The molecule has 2 aromatic rings. The molecule has 0 spiro atoms. The summed E-state index contributed by atoms with van der Waals surface area (Å²) in [6.07, 6.45) is 0. The van der Waals surface area contributed by atoms with Gasteiger partial charge in [-0.15, -0.1) is 0 Å². The lowest BCUT2D eigenvalue weighted by Gasteiger charge is -2.19. The van der Waals surface area contributed by atoms with Crippen molar-refractivity contribution >= 4 is 23.3 Å². The molecular weight excluding hydrogens is 318 g/mol. The van der Waals surface area contributed by atoms with Gasteiger partial charge in [-0.05, 0) is 42.0 Å². The number of rotatable bonds is 5. The lowest BCUT2D eigenvalue weighted by atomic mass is 10.2. The summed E-state index contributed by atoms with van der Waals surface area (Å²) >= 11 is 0. The lowest BCUT2D eigenvalue weighted by molar-refractivity contribution is -0.116. The third kappa shape index (κ3) is 4.97. The average Bonchev–Trinajstić information content (AvgIpc) is 2.62. The van der Waals surface area contributed by atoms with Gasteiger partial charge in [0.15, 0.2) is 0 Å². The van der Waals surface area contributed by atoms with Crippen LogP contribution in [0.3, 0.4) is 0 Å². The lowest BCUT2D eigenvalue weighted by Crippen LogP contribution is -2.30. The maximum atomic E-state index is 12.3. The Kier molecular flexibility index (Phi) is 6.00. The van der Waals surface area contributed by atoms with Crippen LogP contribution in [-0.2, 0) is 11.3 Å². The van der Waals surface area contributed by atoms with E-state index in [-0.39, 0.29) is 11.9 Å². The highest BCUT2D eigenvalue weighted by atomic mass is 16.5. The number of urea groups is 1. The molecule has 6 nitrogen and oxygen atoms in total. The molecule has 0 saturated carbocycles. The largest absolute Gasteiger partial charge is 0.497 e. The molecule has 0 bridgehead atoms. The van der Waals surface area contributed by atoms with Gasteiger partial charge in [-0.2, -0.15) is 0 Å². The maximum absolute atomic E-state index is 12.3. The van der Waals surface area contributed by atoms with Gasteiger partial charge in [0.1, 0.15) is 5.75 Å². The first-order valence-corrected chi connectivity index (χ1v) is 7.90. The Balaban J connectivity index is 1.94. The highest BCUT2D eigenvalue weighted by molar-refractivity contribution is 5.92. The number of hydrogen-bond donors (Lipinski definition) is 1. The molecule has 0 unspecified atom stereocenters. The van der Waals surface area contributed by atoms with E-state index in [0.29, 0.717) is 12.2 Å². The van der Waals surface area contributed by atoms with Gasteiger partial charge in [0.2, 0.25) is 5.91 Å². The van der Waals surface area contributed by atoms with Crippen LogP contribution in [0.25, 0.3) is 0 Å². The second-order valence-corrected chi connectivity index (χ2v) is 5.76. The quantitative estimate of drug-likeness (QED) is 0.907. The van der Waals surface area contributed by atoms with Gasteiger partial charge in [-0.25, -0.2) is 4.79 Å². The molecule has 0 aliphatic rings. The zero-order chi connectivity index (χ0) is 18.4. The maximum Gasteiger partial charge on any atom is 0.321 e. The summed E-state index contributed by atoms with van der Waals surface area (Å²) in [5.74, 6) is 0.738. The van der Waals surface area contributed by atoms with E-state index in [1.807, 2.05) is 24.3 Å². The molecule has 0 fully saturated rings. The van der Waals surface area contributed by atoms with E-state index in [0.717, 1.165) is 17.0 Å². The van der Waals surface area contributed by atoms with E-state index in [2.05, 4.69) is 5.32 Å². The molecule has 1 N–H and O–H groups in total. The topological polar surface area (TPSA) is 61.9 Å². The Labute approximate surface area is 148 Å². The van der Waals surface area contributed by atoms with Crippen LogP contribution in [0.15, 0.2) is 48.5 Å². The van der Waals surface area contributed by atoms with Gasteiger partial charge in [-0.3, -0.25) is 4.79 Å². The zero-order valence-electron chi connectivity index (χ0n) is 14.9. The summed E-state index contributed by atoms with van der Waals surface area (Å²) in [5.41, 5.74) is 2.46. The number of benzene rings is 2. The fourth-order valence-electron chi connectivity index (χ4n) is 2.25. The van der Waals surface area contributed by atoms with E-state index < -0.39 is 0 Å². The summed E-state index contributed by atoms with van der Waals surface area (Å²) in [7, 11) is 5.06. The number of anilines is 2. The number of ether oxygens (including phenoxy) is 1. The first kappa shape index (κ1) is 18.3. The van der Waals surface area contributed by atoms with Crippen molar-refractivity contribution in [3.63, 3.8) is 0 Å². The van der Waals surface area contributed by atoms with Crippen LogP contribution in [0, 0.1) is 0 Å². The molecule has 0 saturated heterocycles. The van der Waals surface area contributed by atoms with Gasteiger partial charge in [0.05, 0.1) is 7.11 Å². The molecule has 25 heavy (non-hydrogen) atoms. The van der Waals surface area contributed by atoms with Crippen molar-refractivity contribution in [1.82, 2.24) is 4.90 Å². The molecule has 6 heteroatoms. The van der Waals surface area contributed by atoms with E-state index >= 15 is 0 Å². The number of methoxy groups -OCH3 is 1. The van der Waals surface area contributed by atoms with E-state index in [1.54, 1.807) is 55.3 Å². The Morgan fingerprint density at radius 3 is 2.12 bits per heavy atom. The Hall–Kier alpha value is -3.02. The summed E-state index contributed by atoms with van der Waals surface area (Å²) in [5, 5.41) is 2.84. The van der Waals surface area contributed by atoms with Crippen molar-refractivity contribution in [2.75, 3.05) is 31.4 Å². The molecule has 0 aromatic heterocycles. The number of carbonyl (C=O) groups excluding carboxylic acids is 2. The standard InChI is InChI=1S/C19H23N3O3/c1-14(23)22(3)17-9-7-16(8-10-17)20-19(24)21(2)13-15-5-11-18(25-4)12-6-15/h5-12H,13H2,1-4H3,(H,20,24). The zero-order valence-corrected chi connectivity index (χ0v) is 14.9. The van der Waals surface area contributed by atoms with Crippen molar-refractivity contribution in [2.45, 2.75) is 13.5 Å². The van der Waals surface area contributed by atoms with E-state index in [9.17, 15) is 9.59 Å². The van der Waals surface area contributed by atoms with Gasteiger partial charge in [0.25, 0.3) is 0 Å². The highest BCUT2D eigenvalue weighted by Gasteiger charge is 2.10. The third-order valence-electron chi connectivity index (χ3n) is 3.90. The molecule has 132 valence electrons. The predicted octanol–water partition coefficient (Wildman–Crippen LogP) is 3.34. The van der Waals surface area contributed by atoms with Gasteiger partial charge in [0, 0.05) is 38.9 Å². The van der Waals surface area contributed by atoms with Crippen LogP contribution in [0.4, 0.5) is 16.2 Å². The minimum Gasteiger partial charge on any atom is -0.497 e. The van der Waals surface area contributed by atoms with E-state index in [4.69, 9.17) is 4.74 Å². The highest BCUT2D eigenvalue weighted by Crippen LogP contribution is 2.18. The number of amides is 3. The van der Waals surface area contributed by atoms with Crippen molar-refractivity contribution in [1.29, 1.82) is 0 Å². The van der Waals surface area contributed by atoms with Crippen LogP contribution < -0.4 is 15.0 Å². The number of hydrogen-bond acceptors (Lipinski definition) is 3. The first-order chi connectivity index (χ1) is 11.9. The minimum absolute atomic E-state index is 0.0454. The SMILES string of the molecule is COc1ccc(CN(C)C(=O)Nc2ccc(N(C)C(C)=O)cc2)cc1. The summed E-state index contributed by atoms with van der Waals surface area (Å²) in [4.78, 5) is 26.8. The fourth-order valence-corrected chi connectivity index (χ4v) is 2.25. The second-order valence-electron chi connectivity index (χ2n) is 5.76. The van der Waals surface area contributed by atoms with Gasteiger partial charge >= 0.3 is 6.03 Å². The minimum atomic E-state index is -0.205. The normalized spacial score (nSPS) is 10.1. The molecule has 0 radical (unpaired) electrons. The predicted molar refractivity (Wildman–Crippen MR) is 99.0 cm³/mol. The first-order valence-electron chi connectivity index (χ1n) is 7.90. The molecule has 0 aliphatic heterocycles. The molecule has 3 amide bonds. The number of nitrogens with zero attached hydrogens (tertiary/aromatic N) is 2. The van der Waals surface area contributed by atoms with Crippen LogP contribution in [0.1, 0.15) is 12.5 Å². The Morgan fingerprint density at radius 2 is 1.60 bits per heavy atom. The smallest absolute Gasteiger partial charge is 0.321 e.